The molecular weight excluding hydrogens is 216 g/mol. The number of hydrogen-bond donors (Lipinski definition) is 2. The lowest BCUT2D eigenvalue weighted by Crippen LogP contribution is -1.95. The number of carboxylic acids is 1. The van der Waals surface area contributed by atoms with E-state index in [1.54, 1.807) is 0 Å². The van der Waals surface area contributed by atoms with E-state index in [2.05, 4.69) is 10.2 Å². The van der Waals surface area contributed by atoms with Crippen molar-refractivity contribution in [1.82, 2.24) is 10.2 Å². The number of nitrogens with zero attached hydrogens (tertiary/aromatic N) is 1. The quantitative estimate of drug-likeness (QED) is 0.848. The fourth-order valence-corrected chi connectivity index (χ4v) is 1.51. The molecule has 0 fully saturated rings. The molecule has 4 nitrogen and oxygen atoms in total. The Hall–Kier alpha value is -2.36. The highest BCUT2D eigenvalue weighted by molar-refractivity contribution is 5.87. The third kappa shape index (κ3) is 2.60. The van der Waals surface area contributed by atoms with Gasteiger partial charge in [0.25, 0.3) is 0 Å². The topological polar surface area (TPSA) is 66.0 Å². The number of carboxylic acid groups (broad SMARTS) is 1. The predicted octanol–water partition coefficient (Wildman–Crippen LogP) is 2.67. The van der Waals surface area contributed by atoms with Crippen LogP contribution in [0.5, 0.6) is 0 Å². The number of aromatic amines is 1. The summed E-state index contributed by atoms with van der Waals surface area (Å²) in [6, 6.07) is 11.3. The molecule has 1 aromatic carbocycles. The second-order valence-corrected chi connectivity index (χ2v) is 3.71. The van der Waals surface area contributed by atoms with Crippen LogP contribution in [0.4, 0.5) is 0 Å². The summed E-state index contributed by atoms with van der Waals surface area (Å²) in [4.78, 5) is 10.7. The Bertz CT molecular complexity index is 556. The molecule has 2 N–H and O–H groups in total. The lowest BCUT2D eigenvalue weighted by molar-refractivity contribution is 0.0690. The molecule has 0 saturated heterocycles. The Kier molecular flexibility index (Phi) is 3.05. The maximum absolute atomic E-state index is 10.7. The molecule has 1 heterocycles. The van der Waals surface area contributed by atoms with Gasteiger partial charge in [-0.25, -0.2) is 4.79 Å². The Morgan fingerprint density at radius 1 is 1.35 bits per heavy atom. The first-order chi connectivity index (χ1) is 8.16. The van der Waals surface area contributed by atoms with E-state index in [9.17, 15) is 4.79 Å². The average molecular weight is 228 g/mol. The summed E-state index contributed by atoms with van der Waals surface area (Å²) in [6.07, 6.45) is 1.96. The summed E-state index contributed by atoms with van der Waals surface area (Å²) in [5, 5.41) is 15.2. The monoisotopic (exact) mass is 228 g/mol. The van der Waals surface area contributed by atoms with Gasteiger partial charge in [0.05, 0.1) is 5.69 Å². The number of H-pyrrole nitrogens is 1. The molecule has 1 aromatic heterocycles. The molecule has 0 aliphatic rings. The average Bonchev–Trinajstić information content (AvgIpc) is 2.79. The van der Waals surface area contributed by atoms with Gasteiger partial charge in [0.15, 0.2) is 0 Å². The lowest BCUT2D eigenvalue weighted by atomic mass is 10.1. The van der Waals surface area contributed by atoms with Crippen molar-refractivity contribution in [2.24, 2.45) is 0 Å². The maximum Gasteiger partial charge on any atom is 0.353 e. The summed E-state index contributed by atoms with van der Waals surface area (Å²) >= 11 is 0. The third-order valence-electron chi connectivity index (χ3n) is 2.40. The van der Waals surface area contributed by atoms with Gasteiger partial charge in [0.1, 0.15) is 5.69 Å². The van der Waals surface area contributed by atoms with Crippen LogP contribution in [0.2, 0.25) is 0 Å². The molecule has 4 heteroatoms. The molecule has 0 amide bonds. The lowest BCUT2D eigenvalue weighted by Gasteiger charge is -1.96. The molecule has 2 aromatic rings. The van der Waals surface area contributed by atoms with Crippen LogP contribution in [0.25, 0.3) is 11.6 Å². The summed E-state index contributed by atoms with van der Waals surface area (Å²) in [6.45, 7) is 1.90. The van der Waals surface area contributed by atoms with Gasteiger partial charge < -0.3 is 5.11 Å². The minimum Gasteiger partial charge on any atom is -0.477 e. The zero-order valence-electron chi connectivity index (χ0n) is 9.34. The number of aromatic nitrogens is 2. The largest absolute Gasteiger partial charge is 0.477 e. The summed E-state index contributed by atoms with van der Waals surface area (Å²) in [7, 11) is 0. The minimum atomic E-state index is -1.00. The van der Waals surface area contributed by atoms with Crippen LogP contribution in [0.15, 0.2) is 36.4 Å². The number of hydrogen-bond acceptors (Lipinski definition) is 2. The number of allylic oxidation sites excluding steroid dienone is 1. The molecule has 2 rings (SSSR count). The van der Waals surface area contributed by atoms with E-state index < -0.39 is 5.97 Å². The molecule has 0 unspecified atom stereocenters. The van der Waals surface area contributed by atoms with Crippen LogP contribution in [0, 0.1) is 0 Å². The highest BCUT2D eigenvalue weighted by Gasteiger charge is 2.08. The SMILES string of the molecule is C/C(=C\c1ccccc1)c1cc(C(=O)O)[nH]n1. The molecule has 86 valence electrons. The Morgan fingerprint density at radius 3 is 2.65 bits per heavy atom. The van der Waals surface area contributed by atoms with Gasteiger partial charge in [-0.2, -0.15) is 5.10 Å². The van der Waals surface area contributed by atoms with Crippen LogP contribution in [-0.4, -0.2) is 21.3 Å². The van der Waals surface area contributed by atoms with Gasteiger partial charge in [-0.1, -0.05) is 30.3 Å². The van der Waals surface area contributed by atoms with E-state index in [1.165, 1.54) is 6.07 Å². The molecule has 0 aliphatic heterocycles. The van der Waals surface area contributed by atoms with E-state index in [-0.39, 0.29) is 5.69 Å². The predicted molar refractivity (Wildman–Crippen MR) is 65.5 cm³/mol. The molecule has 0 bridgehead atoms. The van der Waals surface area contributed by atoms with Crippen molar-refractivity contribution in [2.75, 3.05) is 0 Å². The molecular formula is C13H12N2O2. The molecule has 0 saturated carbocycles. The molecule has 0 aliphatic carbocycles. The van der Waals surface area contributed by atoms with Crippen LogP contribution in [-0.2, 0) is 0 Å². The van der Waals surface area contributed by atoms with E-state index in [1.807, 2.05) is 43.3 Å². The highest BCUT2D eigenvalue weighted by Crippen LogP contribution is 2.16. The van der Waals surface area contributed by atoms with Crippen LogP contribution < -0.4 is 0 Å². The molecule has 0 radical (unpaired) electrons. The normalized spacial score (nSPS) is 11.5. The Labute approximate surface area is 98.6 Å². The fraction of sp³-hybridized carbons (Fsp3) is 0.0769. The van der Waals surface area contributed by atoms with Crippen molar-refractivity contribution in [1.29, 1.82) is 0 Å². The Balaban J connectivity index is 2.27. The highest BCUT2D eigenvalue weighted by atomic mass is 16.4. The Morgan fingerprint density at radius 2 is 2.06 bits per heavy atom. The van der Waals surface area contributed by atoms with E-state index in [0.29, 0.717) is 5.69 Å². The molecule has 0 spiro atoms. The van der Waals surface area contributed by atoms with Crippen molar-refractivity contribution >= 4 is 17.6 Å². The van der Waals surface area contributed by atoms with Gasteiger partial charge >= 0.3 is 5.97 Å². The zero-order chi connectivity index (χ0) is 12.3. The van der Waals surface area contributed by atoms with E-state index in [0.717, 1.165) is 11.1 Å². The first kappa shape index (κ1) is 11.1. The van der Waals surface area contributed by atoms with Gasteiger partial charge in [0.2, 0.25) is 0 Å². The van der Waals surface area contributed by atoms with Crippen molar-refractivity contribution in [3.8, 4) is 0 Å². The summed E-state index contributed by atoms with van der Waals surface area (Å²) in [5.74, 6) is -1.00. The van der Waals surface area contributed by atoms with Gasteiger partial charge in [-0.3, -0.25) is 5.10 Å². The fourth-order valence-electron chi connectivity index (χ4n) is 1.51. The van der Waals surface area contributed by atoms with Crippen LogP contribution >= 0.6 is 0 Å². The van der Waals surface area contributed by atoms with E-state index in [4.69, 9.17) is 5.11 Å². The zero-order valence-corrected chi connectivity index (χ0v) is 9.34. The summed E-state index contributed by atoms with van der Waals surface area (Å²) in [5.41, 5.74) is 2.72. The second kappa shape index (κ2) is 4.65. The number of nitrogens with one attached hydrogen (secondary N) is 1. The minimum absolute atomic E-state index is 0.0980. The first-order valence-electron chi connectivity index (χ1n) is 5.19. The van der Waals surface area contributed by atoms with Crippen LogP contribution in [0.1, 0.15) is 28.7 Å². The third-order valence-corrected chi connectivity index (χ3v) is 2.40. The number of aromatic carboxylic acids is 1. The van der Waals surface area contributed by atoms with Crippen LogP contribution in [0.3, 0.4) is 0 Å². The smallest absolute Gasteiger partial charge is 0.353 e. The van der Waals surface area contributed by atoms with Gasteiger partial charge in [-0.05, 0) is 30.2 Å². The van der Waals surface area contributed by atoms with Gasteiger partial charge in [0, 0.05) is 0 Å². The number of rotatable bonds is 3. The maximum atomic E-state index is 10.7. The van der Waals surface area contributed by atoms with Crippen molar-refractivity contribution < 1.29 is 9.90 Å². The van der Waals surface area contributed by atoms with Crippen molar-refractivity contribution in [2.45, 2.75) is 6.92 Å². The van der Waals surface area contributed by atoms with Crippen molar-refractivity contribution in [3.05, 3.63) is 53.3 Å². The summed E-state index contributed by atoms with van der Waals surface area (Å²) < 4.78 is 0. The molecule has 0 atom stereocenters. The second-order valence-electron chi connectivity index (χ2n) is 3.71. The van der Waals surface area contributed by atoms with Crippen molar-refractivity contribution in [3.63, 3.8) is 0 Å². The molecule has 17 heavy (non-hydrogen) atoms. The number of carbonyl (C=O) groups is 1. The first-order valence-corrected chi connectivity index (χ1v) is 5.19. The van der Waals surface area contributed by atoms with E-state index >= 15 is 0 Å². The standard InChI is InChI=1S/C13H12N2O2/c1-9(7-10-5-3-2-4-6-10)11-8-12(13(16)17)15-14-11/h2-8H,1H3,(H,14,15)(H,16,17)/b9-7+. The van der Waals surface area contributed by atoms with Gasteiger partial charge in [-0.15, -0.1) is 0 Å². The number of benzene rings is 1.